The highest BCUT2D eigenvalue weighted by Gasteiger charge is 2.48. The Morgan fingerprint density at radius 2 is 2.25 bits per heavy atom. The Morgan fingerprint density at radius 1 is 1.55 bits per heavy atom. The normalized spacial score (nSPS) is 28.4. The predicted molar refractivity (Wildman–Crippen MR) is 67.4 cm³/mol. The van der Waals surface area contributed by atoms with Gasteiger partial charge in [-0.1, -0.05) is 0 Å². The van der Waals surface area contributed by atoms with Gasteiger partial charge in [-0.3, -0.25) is 4.21 Å². The summed E-state index contributed by atoms with van der Waals surface area (Å²) in [6, 6.07) is -0.880. The first-order valence-electron chi connectivity index (χ1n) is 6.35. The summed E-state index contributed by atoms with van der Waals surface area (Å²) >= 11 is 0. The smallest absolute Gasteiger partial charge is 0.370 e. The van der Waals surface area contributed by atoms with Gasteiger partial charge in [0, 0.05) is 23.6 Å². The number of halogens is 1. The van der Waals surface area contributed by atoms with Crippen LogP contribution >= 0.6 is 0 Å². The molecular formula is C11H17FN2O5S. The molecule has 0 aromatic rings. The zero-order valence-electron chi connectivity index (χ0n) is 11.3. The lowest BCUT2D eigenvalue weighted by Gasteiger charge is -2.28. The number of rotatable bonds is 5. The zero-order valence-corrected chi connectivity index (χ0v) is 12.1. The molecule has 0 saturated carbocycles. The second-order valence-corrected chi connectivity index (χ2v) is 6.16. The van der Waals surface area contributed by atoms with E-state index in [0.29, 0.717) is 19.4 Å². The van der Waals surface area contributed by atoms with Gasteiger partial charge in [-0.25, -0.2) is 18.8 Å². The summed E-state index contributed by atoms with van der Waals surface area (Å²) in [7, 11) is -1.18. The molecular weight excluding hydrogens is 291 g/mol. The molecule has 0 aliphatic carbocycles. The number of nitrogens with zero attached hydrogens (tertiary/aromatic N) is 2. The van der Waals surface area contributed by atoms with Crippen molar-refractivity contribution in [3.63, 3.8) is 0 Å². The molecule has 2 rings (SSSR count). The number of fused-ring (bicyclic) bond motifs is 2. The number of alkyl halides is 1. The fraction of sp³-hybridized carbons (Fsp3) is 0.818. The summed E-state index contributed by atoms with van der Waals surface area (Å²) in [5, 5.41) is 0.488. The van der Waals surface area contributed by atoms with Gasteiger partial charge < -0.3 is 9.64 Å². The molecule has 4 atom stereocenters. The van der Waals surface area contributed by atoms with Crippen molar-refractivity contribution in [1.29, 1.82) is 0 Å². The van der Waals surface area contributed by atoms with Gasteiger partial charge in [0.15, 0.2) is 0 Å². The monoisotopic (exact) mass is 308 g/mol. The molecule has 114 valence electrons. The second-order valence-electron chi connectivity index (χ2n) is 4.62. The number of piperidine rings is 1. The molecule has 2 amide bonds. The number of amides is 2. The highest BCUT2D eigenvalue weighted by atomic mass is 32.2. The zero-order chi connectivity index (χ0) is 14.9. The van der Waals surface area contributed by atoms with E-state index in [1.807, 2.05) is 0 Å². The molecule has 20 heavy (non-hydrogen) atoms. The Morgan fingerprint density at radius 3 is 2.85 bits per heavy atom. The maximum absolute atomic E-state index is 13.6. The van der Waals surface area contributed by atoms with Crippen LogP contribution in [0.5, 0.6) is 0 Å². The molecule has 9 heteroatoms. The Kier molecular flexibility index (Phi) is 4.59. The van der Waals surface area contributed by atoms with E-state index in [4.69, 9.17) is 4.84 Å². The standard InChI is InChI=1S/C11H17FN2O5S/c1-3-18-10(15)9(12)19-14-7-4-5-8(20(2)17)13(6-7)11(14)16/h7-9H,3-6H2,1-2H3/t7-,8-,9+,20-/m1/s1. The summed E-state index contributed by atoms with van der Waals surface area (Å²) in [6.45, 7) is 1.91. The molecule has 2 fully saturated rings. The summed E-state index contributed by atoms with van der Waals surface area (Å²) in [5.74, 6) is -1.16. The maximum atomic E-state index is 13.6. The Balaban J connectivity index is 2.02. The molecule has 2 aliphatic heterocycles. The van der Waals surface area contributed by atoms with Crippen LogP contribution < -0.4 is 0 Å². The number of carbonyl (C=O) groups excluding carboxylic acids is 2. The quantitative estimate of drug-likeness (QED) is 0.686. The molecule has 0 aromatic heterocycles. The predicted octanol–water partition coefficient (Wildman–Crippen LogP) is 0.381. The van der Waals surface area contributed by atoms with Crippen LogP contribution in [0.3, 0.4) is 0 Å². The average molecular weight is 308 g/mol. The van der Waals surface area contributed by atoms with Crippen molar-refractivity contribution in [1.82, 2.24) is 9.96 Å². The van der Waals surface area contributed by atoms with Crippen LogP contribution in [0.1, 0.15) is 19.8 Å². The molecule has 7 nitrogen and oxygen atoms in total. The SMILES string of the molecule is CCOC(=O)[C@@H](F)ON1C(=O)N2C[C@H]1CC[C@H]2[S@@](C)=O. The van der Waals surface area contributed by atoms with Crippen molar-refractivity contribution in [2.24, 2.45) is 0 Å². The van der Waals surface area contributed by atoms with Gasteiger partial charge in [-0.05, 0) is 19.8 Å². The fourth-order valence-corrected chi connectivity index (χ4v) is 3.43. The molecule has 2 saturated heterocycles. The van der Waals surface area contributed by atoms with Crippen molar-refractivity contribution >= 4 is 22.8 Å². The highest BCUT2D eigenvalue weighted by Crippen LogP contribution is 2.31. The molecule has 0 radical (unpaired) electrons. The van der Waals surface area contributed by atoms with Crippen molar-refractivity contribution in [3.8, 4) is 0 Å². The molecule has 0 N–H and O–H groups in total. The van der Waals surface area contributed by atoms with Crippen LogP contribution in [0.25, 0.3) is 0 Å². The van der Waals surface area contributed by atoms with E-state index in [-0.39, 0.29) is 18.0 Å². The van der Waals surface area contributed by atoms with Gasteiger partial charge >= 0.3 is 18.4 Å². The van der Waals surface area contributed by atoms with E-state index >= 15 is 0 Å². The average Bonchev–Trinajstić information content (AvgIpc) is 2.64. The van der Waals surface area contributed by atoms with Gasteiger partial charge in [0.05, 0.1) is 12.6 Å². The highest BCUT2D eigenvalue weighted by molar-refractivity contribution is 7.84. The van der Waals surface area contributed by atoms with Crippen molar-refractivity contribution in [2.45, 2.75) is 37.5 Å². The van der Waals surface area contributed by atoms with Gasteiger partial charge in [0.2, 0.25) is 0 Å². The van der Waals surface area contributed by atoms with Crippen LogP contribution in [0, 0.1) is 0 Å². The molecule has 2 bridgehead atoms. The van der Waals surface area contributed by atoms with Gasteiger partial charge in [0.1, 0.15) is 5.37 Å². The van der Waals surface area contributed by atoms with E-state index in [9.17, 15) is 18.2 Å². The van der Waals surface area contributed by atoms with Crippen LogP contribution in [-0.4, -0.2) is 63.4 Å². The van der Waals surface area contributed by atoms with E-state index in [2.05, 4.69) is 4.74 Å². The Hall–Kier alpha value is -1.22. The van der Waals surface area contributed by atoms with Gasteiger partial charge in [-0.2, -0.15) is 5.06 Å². The van der Waals surface area contributed by atoms with Gasteiger partial charge in [-0.15, -0.1) is 0 Å². The largest absolute Gasteiger partial charge is 0.462 e. The minimum atomic E-state index is -2.33. The lowest BCUT2D eigenvalue weighted by Crippen LogP contribution is -2.42. The van der Waals surface area contributed by atoms with Crippen molar-refractivity contribution in [2.75, 3.05) is 19.4 Å². The number of hydrogen-bond acceptors (Lipinski definition) is 5. The third-order valence-electron chi connectivity index (χ3n) is 3.33. The number of carbonyl (C=O) groups is 2. The molecule has 0 aromatic carbocycles. The number of hydrogen-bond donors (Lipinski definition) is 0. The second kappa shape index (κ2) is 6.04. The van der Waals surface area contributed by atoms with E-state index < -0.39 is 29.2 Å². The number of urea groups is 1. The minimum absolute atomic E-state index is 0.0308. The summed E-state index contributed by atoms with van der Waals surface area (Å²) in [5.41, 5.74) is 0. The summed E-state index contributed by atoms with van der Waals surface area (Å²) < 4.78 is 29.6. The molecule has 2 heterocycles. The number of ether oxygens (including phenoxy) is 1. The lowest BCUT2D eigenvalue weighted by atomic mass is 10.1. The third kappa shape index (κ3) is 2.78. The molecule has 0 spiro atoms. The van der Waals surface area contributed by atoms with Crippen LogP contribution in [0.4, 0.5) is 9.18 Å². The number of esters is 1. The first kappa shape index (κ1) is 15.2. The topological polar surface area (TPSA) is 76.2 Å². The number of hydroxylamine groups is 2. The van der Waals surface area contributed by atoms with Crippen LogP contribution in [0.15, 0.2) is 0 Å². The summed E-state index contributed by atoms with van der Waals surface area (Å²) in [4.78, 5) is 29.5. The van der Waals surface area contributed by atoms with E-state index in [1.54, 1.807) is 6.92 Å². The van der Waals surface area contributed by atoms with Gasteiger partial charge in [0.25, 0.3) is 0 Å². The minimum Gasteiger partial charge on any atom is -0.462 e. The van der Waals surface area contributed by atoms with E-state index in [0.717, 1.165) is 5.06 Å². The molecule has 0 unspecified atom stereocenters. The first-order valence-corrected chi connectivity index (χ1v) is 7.97. The van der Waals surface area contributed by atoms with Crippen molar-refractivity contribution < 1.29 is 27.8 Å². The van der Waals surface area contributed by atoms with Crippen LogP contribution in [0.2, 0.25) is 0 Å². The first-order chi connectivity index (χ1) is 9.45. The third-order valence-corrected chi connectivity index (χ3v) is 4.59. The Bertz CT molecular complexity index is 435. The van der Waals surface area contributed by atoms with E-state index in [1.165, 1.54) is 11.2 Å². The Labute approximate surface area is 118 Å². The molecule has 2 aliphatic rings. The van der Waals surface area contributed by atoms with Crippen molar-refractivity contribution in [3.05, 3.63) is 0 Å². The maximum Gasteiger partial charge on any atom is 0.370 e. The van der Waals surface area contributed by atoms with Crippen LogP contribution in [-0.2, 0) is 25.2 Å². The lowest BCUT2D eigenvalue weighted by molar-refractivity contribution is -0.227. The summed E-state index contributed by atoms with van der Waals surface area (Å²) in [6.07, 6.45) is 0.320. The fourth-order valence-electron chi connectivity index (χ4n) is 2.43.